The van der Waals surface area contributed by atoms with Gasteiger partial charge < -0.3 is 21.3 Å². The maximum absolute atomic E-state index is 12.0. The molecule has 0 atom stereocenters. The van der Waals surface area contributed by atoms with E-state index in [4.69, 9.17) is 16.2 Å². The molecule has 0 aliphatic heterocycles. The molecule has 0 unspecified atom stereocenters. The fraction of sp³-hybridized carbons (Fsp3) is 0.0625. The van der Waals surface area contributed by atoms with Crippen LogP contribution in [0, 0.1) is 0 Å². The first kappa shape index (κ1) is 14.6. The Labute approximate surface area is 131 Å². The Hall–Kier alpha value is -3.35. The Morgan fingerprint density at radius 1 is 1.13 bits per heavy atom. The van der Waals surface area contributed by atoms with E-state index in [-0.39, 0.29) is 29.7 Å². The molecule has 7 nitrogen and oxygen atoms in total. The average Bonchev–Trinajstić information content (AvgIpc) is 2.53. The van der Waals surface area contributed by atoms with Gasteiger partial charge in [-0.15, -0.1) is 0 Å². The number of fused-ring (bicyclic) bond motifs is 1. The summed E-state index contributed by atoms with van der Waals surface area (Å²) in [6, 6.07) is 11.4. The van der Waals surface area contributed by atoms with Crippen LogP contribution in [0.1, 0.15) is 15.9 Å². The number of anilines is 2. The Bertz CT molecular complexity index is 896. The zero-order valence-corrected chi connectivity index (χ0v) is 12.1. The maximum Gasteiger partial charge on any atom is 0.342 e. The summed E-state index contributed by atoms with van der Waals surface area (Å²) in [4.78, 5) is 19.9. The monoisotopic (exact) mass is 310 g/mol. The lowest BCUT2D eigenvalue weighted by molar-refractivity contribution is 0.0469. The predicted octanol–water partition coefficient (Wildman–Crippen LogP) is 1.86. The number of carbonyl (C=O) groups excluding carboxylic acids is 1. The number of phenolic OH excluding ortho intramolecular Hbond substituents is 1. The topological polar surface area (TPSA) is 124 Å². The van der Waals surface area contributed by atoms with Crippen molar-refractivity contribution >= 4 is 28.6 Å². The summed E-state index contributed by atoms with van der Waals surface area (Å²) in [6.45, 7) is 0.0346. The van der Waals surface area contributed by atoms with Crippen LogP contribution in [-0.4, -0.2) is 21.0 Å². The van der Waals surface area contributed by atoms with Crippen LogP contribution < -0.4 is 11.5 Å². The molecule has 0 amide bonds. The first-order chi connectivity index (χ1) is 11.0. The summed E-state index contributed by atoms with van der Waals surface area (Å²) in [6.07, 6.45) is 0. The molecular formula is C16H14N4O3. The molecule has 1 heterocycles. The highest BCUT2D eigenvalue weighted by molar-refractivity contribution is 5.92. The number of phenols is 1. The molecule has 0 bridgehead atoms. The molecule has 0 spiro atoms. The number of hydrogen-bond donors (Lipinski definition) is 3. The van der Waals surface area contributed by atoms with Crippen molar-refractivity contribution in [2.45, 2.75) is 6.61 Å². The number of nitrogen functional groups attached to an aromatic ring is 2. The lowest BCUT2D eigenvalue weighted by Crippen LogP contribution is -2.06. The summed E-state index contributed by atoms with van der Waals surface area (Å²) in [7, 11) is 0. The van der Waals surface area contributed by atoms with Gasteiger partial charge >= 0.3 is 5.97 Å². The van der Waals surface area contributed by atoms with Gasteiger partial charge in [0.25, 0.3) is 0 Å². The normalized spacial score (nSPS) is 10.6. The second kappa shape index (κ2) is 5.80. The molecule has 0 radical (unpaired) electrons. The van der Waals surface area contributed by atoms with Gasteiger partial charge in [-0.2, -0.15) is 4.98 Å². The molecule has 3 rings (SSSR count). The SMILES string of the molecule is Nc1nc(N)c2cc(COC(=O)c3ccccc3O)ccc2n1. The summed E-state index contributed by atoms with van der Waals surface area (Å²) in [5.41, 5.74) is 12.8. The van der Waals surface area contributed by atoms with E-state index in [0.29, 0.717) is 10.9 Å². The number of ether oxygens (including phenoxy) is 1. The Morgan fingerprint density at radius 2 is 1.91 bits per heavy atom. The predicted molar refractivity (Wildman–Crippen MR) is 85.6 cm³/mol. The summed E-state index contributed by atoms with van der Waals surface area (Å²) < 4.78 is 5.20. The van der Waals surface area contributed by atoms with E-state index in [1.165, 1.54) is 12.1 Å². The van der Waals surface area contributed by atoms with Gasteiger partial charge in [0.15, 0.2) is 0 Å². The highest BCUT2D eigenvalue weighted by Gasteiger charge is 2.12. The minimum absolute atomic E-state index is 0.0346. The zero-order valence-electron chi connectivity index (χ0n) is 12.1. The second-order valence-corrected chi connectivity index (χ2v) is 4.91. The lowest BCUT2D eigenvalue weighted by Gasteiger charge is -2.08. The standard InChI is InChI=1S/C16H14N4O3/c17-14-11-7-9(5-6-12(11)19-16(18)20-14)8-23-15(22)10-3-1-2-4-13(10)21/h1-7,21H,8H2,(H4,17,18,19,20). The molecule has 0 aliphatic rings. The molecular weight excluding hydrogens is 296 g/mol. The number of rotatable bonds is 3. The third kappa shape index (κ3) is 2.98. The van der Waals surface area contributed by atoms with Gasteiger partial charge in [-0.05, 0) is 29.8 Å². The van der Waals surface area contributed by atoms with Gasteiger partial charge in [0.1, 0.15) is 23.7 Å². The van der Waals surface area contributed by atoms with E-state index in [0.717, 1.165) is 5.56 Å². The van der Waals surface area contributed by atoms with Crippen molar-refractivity contribution in [3.63, 3.8) is 0 Å². The van der Waals surface area contributed by atoms with Crippen LogP contribution in [0.4, 0.5) is 11.8 Å². The van der Waals surface area contributed by atoms with Crippen molar-refractivity contribution in [1.29, 1.82) is 0 Å². The Kier molecular flexibility index (Phi) is 3.68. The third-order valence-electron chi connectivity index (χ3n) is 3.30. The number of benzene rings is 2. The van der Waals surface area contributed by atoms with Crippen LogP contribution in [0.2, 0.25) is 0 Å². The first-order valence-electron chi connectivity index (χ1n) is 6.81. The molecule has 0 saturated heterocycles. The van der Waals surface area contributed by atoms with Crippen molar-refractivity contribution in [2.75, 3.05) is 11.5 Å². The van der Waals surface area contributed by atoms with Crippen molar-refractivity contribution < 1.29 is 14.6 Å². The zero-order chi connectivity index (χ0) is 16.4. The van der Waals surface area contributed by atoms with Gasteiger partial charge in [0, 0.05) is 5.39 Å². The van der Waals surface area contributed by atoms with Crippen LogP contribution >= 0.6 is 0 Å². The minimum Gasteiger partial charge on any atom is -0.507 e. The van der Waals surface area contributed by atoms with Crippen LogP contribution in [0.5, 0.6) is 5.75 Å². The van der Waals surface area contributed by atoms with Crippen molar-refractivity contribution in [3.8, 4) is 5.75 Å². The smallest absolute Gasteiger partial charge is 0.342 e. The molecule has 7 heteroatoms. The van der Waals surface area contributed by atoms with E-state index in [1.54, 1.807) is 30.3 Å². The Balaban J connectivity index is 1.80. The van der Waals surface area contributed by atoms with E-state index < -0.39 is 5.97 Å². The van der Waals surface area contributed by atoms with Crippen molar-refractivity contribution in [1.82, 2.24) is 9.97 Å². The number of nitrogens with zero attached hydrogens (tertiary/aromatic N) is 2. The molecule has 5 N–H and O–H groups in total. The van der Waals surface area contributed by atoms with Crippen LogP contribution in [0.3, 0.4) is 0 Å². The van der Waals surface area contributed by atoms with E-state index in [2.05, 4.69) is 9.97 Å². The minimum atomic E-state index is -0.607. The van der Waals surface area contributed by atoms with Gasteiger partial charge in [-0.1, -0.05) is 18.2 Å². The van der Waals surface area contributed by atoms with Crippen LogP contribution in [-0.2, 0) is 11.3 Å². The summed E-state index contributed by atoms with van der Waals surface area (Å²) >= 11 is 0. The van der Waals surface area contributed by atoms with Gasteiger partial charge in [0.2, 0.25) is 5.95 Å². The van der Waals surface area contributed by atoms with E-state index in [9.17, 15) is 9.90 Å². The molecule has 116 valence electrons. The van der Waals surface area contributed by atoms with E-state index >= 15 is 0 Å². The van der Waals surface area contributed by atoms with Crippen LogP contribution in [0.15, 0.2) is 42.5 Å². The molecule has 23 heavy (non-hydrogen) atoms. The molecule has 0 fully saturated rings. The van der Waals surface area contributed by atoms with E-state index in [1.807, 2.05) is 0 Å². The fourth-order valence-electron chi connectivity index (χ4n) is 2.18. The highest BCUT2D eigenvalue weighted by Crippen LogP contribution is 2.21. The lowest BCUT2D eigenvalue weighted by atomic mass is 10.1. The van der Waals surface area contributed by atoms with Crippen molar-refractivity contribution in [3.05, 3.63) is 53.6 Å². The maximum atomic E-state index is 12.0. The number of esters is 1. The summed E-state index contributed by atoms with van der Waals surface area (Å²) in [5, 5.41) is 10.3. The fourth-order valence-corrected chi connectivity index (χ4v) is 2.18. The second-order valence-electron chi connectivity index (χ2n) is 4.91. The van der Waals surface area contributed by atoms with Crippen LogP contribution in [0.25, 0.3) is 10.9 Å². The Morgan fingerprint density at radius 3 is 2.70 bits per heavy atom. The summed E-state index contributed by atoms with van der Waals surface area (Å²) in [5.74, 6) is -0.357. The molecule has 1 aromatic heterocycles. The molecule has 0 saturated carbocycles. The molecule has 0 aliphatic carbocycles. The number of para-hydroxylation sites is 1. The number of carbonyl (C=O) groups is 1. The molecule has 3 aromatic rings. The third-order valence-corrected chi connectivity index (χ3v) is 3.30. The van der Waals surface area contributed by atoms with Gasteiger partial charge in [-0.3, -0.25) is 0 Å². The van der Waals surface area contributed by atoms with Gasteiger partial charge in [-0.25, -0.2) is 9.78 Å². The first-order valence-corrected chi connectivity index (χ1v) is 6.81. The van der Waals surface area contributed by atoms with Gasteiger partial charge in [0.05, 0.1) is 5.52 Å². The number of nitrogens with two attached hydrogens (primary N) is 2. The number of aromatic hydroxyl groups is 1. The quantitative estimate of drug-likeness (QED) is 0.630. The highest BCUT2D eigenvalue weighted by atomic mass is 16.5. The number of hydrogen-bond acceptors (Lipinski definition) is 7. The largest absolute Gasteiger partial charge is 0.507 e. The number of aromatic nitrogens is 2. The van der Waals surface area contributed by atoms with Crippen molar-refractivity contribution in [2.24, 2.45) is 0 Å². The molecule has 2 aromatic carbocycles. The average molecular weight is 310 g/mol.